The molecule has 0 saturated carbocycles. The van der Waals surface area contributed by atoms with Gasteiger partial charge in [0.15, 0.2) is 0 Å². The summed E-state index contributed by atoms with van der Waals surface area (Å²) in [7, 11) is 0. The summed E-state index contributed by atoms with van der Waals surface area (Å²) in [6, 6.07) is 8.61. The van der Waals surface area contributed by atoms with Gasteiger partial charge in [-0.2, -0.15) is 0 Å². The van der Waals surface area contributed by atoms with Crippen molar-refractivity contribution in [3.63, 3.8) is 0 Å². The minimum atomic E-state index is 0. The Kier molecular flexibility index (Phi) is 8.89. The topological polar surface area (TPSA) is 50.4 Å². The number of rotatable bonds is 6. The molecule has 2 unspecified atom stereocenters. The lowest BCUT2D eigenvalue weighted by Crippen LogP contribution is -2.35. The van der Waals surface area contributed by atoms with E-state index in [9.17, 15) is 4.79 Å². The normalized spacial score (nSPS) is 23.9. The van der Waals surface area contributed by atoms with Gasteiger partial charge in [0.1, 0.15) is 0 Å². The average molecular weight is 381 g/mol. The van der Waals surface area contributed by atoms with Crippen molar-refractivity contribution in [3.8, 4) is 0 Å². The minimum absolute atomic E-state index is 0. The van der Waals surface area contributed by atoms with E-state index >= 15 is 0 Å². The van der Waals surface area contributed by atoms with Crippen LogP contribution in [0.4, 0.5) is 0 Å². The van der Waals surface area contributed by atoms with Crippen LogP contribution in [0, 0.1) is 18.8 Å². The van der Waals surface area contributed by atoms with Gasteiger partial charge in [0.2, 0.25) is 5.91 Å². The third-order valence-electron chi connectivity index (χ3n) is 5.65. The van der Waals surface area contributed by atoms with Gasteiger partial charge in [0.05, 0.1) is 6.10 Å². The first kappa shape index (κ1) is 21.2. The average Bonchev–Trinajstić information content (AvgIpc) is 2.66. The first-order chi connectivity index (χ1) is 12.2. The summed E-state index contributed by atoms with van der Waals surface area (Å²) in [5.41, 5.74) is 2.50. The third-order valence-corrected chi connectivity index (χ3v) is 5.65. The monoisotopic (exact) mass is 380 g/mol. The lowest BCUT2D eigenvalue weighted by molar-refractivity contribution is -0.122. The van der Waals surface area contributed by atoms with Crippen molar-refractivity contribution in [2.75, 3.05) is 26.2 Å². The molecule has 2 aliphatic heterocycles. The smallest absolute Gasteiger partial charge is 0.220 e. The number of halogens is 1. The van der Waals surface area contributed by atoms with Crippen LogP contribution in [0.5, 0.6) is 0 Å². The van der Waals surface area contributed by atoms with Crippen molar-refractivity contribution < 1.29 is 9.53 Å². The molecule has 2 heterocycles. The van der Waals surface area contributed by atoms with Crippen LogP contribution in [-0.4, -0.2) is 32.1 Å². The summed E-state index contributed by atoms with van der Waals surface area (Å²) >= 11 is 0. The van der Waals surface area contributed by atoms with Crippen molar-refractivity contribution >= 4 is 18.3 Å². The number of hydrogen-bond donors (Lipinski definition) is 2. The molecule has 0 aliphatic carbocycles. The first-order valence-corrected chi connectivity index (χ1v) is 9.88. The van der Waals surface area contributed by atoms with E-state index in [4.69, 9.17) is 4.74 Å². The van der Waals surface area contributed by atoms with Crippen LogP contribution in [0.3, 0.4) is 0 Å². The molecule has 1 aromatic carbocycles. The summed E-state index contributed by atoms with van der Waals surface area (Å²) in [6.45, 7) is 5.85. The van der Waals surface area contributed by atoms with Gasteiger partial charge in [-0.1, -0.05) is 29.8 Å². The number of benzene rings is 1. The Hall–Kier alpha value is -1.10. The molecule has 0 bridgehead atoms. The predicted octanol–water partition coefficient (Wildman–Crippen LogP) is 3.78. The maximum atomic E-state index is 12.2. The number of amides is 1. The SMILES string of the molecule is Cc1ccc(C2OCCCC2CNC(=O)CCC2CCNCC2)cc1.Cl. The fourth-order valence-corrected chi connectivity index (χ4v) is 4.02. The largest absolute Gasteiger partial charge is 0.373 e. The summed E-state index contributed by atoms with van der Waals surface area (Å²) in [4.78, 5) is 12.2. The summed E-state index contributed by atoms with van der Waals surface area (Å²) in [6.07, 6.45) is 6.41. The molecule has 1 aromatic rings. The van der Waals surface area contributed by atoms with Crippen LogP contribution in [-0.2, 0) is 9.53 Å². The van der Waals surface area contributed by atoms with Crippen molar-refractivity contribution in [1.82, 2.24) is 10.6 Å². The van der Waals surface area contributed by atoms with Crippen molar-refractivity contribution in [1.29, 1.82) is 0 Å². The zero-order valence-corrected chi connectivity index (χ0v) is 16.7. The van der Waals surface area contributed by atoms with Crippen LogP contribution < -0.4 is 10.6 Å². The molecule has 146 valence electrons. The fraction of sp³-hybridized carbons (Fsp3) is 0.667. The highest BCUT2D eigenvalue weighted by molar-refractivity contribution is 5.85. The number of carbonyl (C=O) groups excluding carboxylic acids is 1. The Morgan fingerprint density at radius 2 is 1.92 bits per heavy atom. The molecular formula is C21H33ClN2O2. The molecule has 2 N–H and O–H groups in total. The number of ether oxygens (including phenoxy) is 1. The van der Waals surface area contributed by atoms with Gasteiger partial charge in [-0.05, 0) is 63.6 Å². The van der Waals surface area contributed by atoms with Gasteiger partial charge in [-0.25, -0.2) is 0 Å². The Morgan fingerprint density at radius 1 is 1.19 bits per heavy atom. The van der Waals surface area contributed by atoms with Crippen LogP contribution in [0.1, 0.15) is 55.8 Å². The first-order valence-electron chi connectivity index (χ1n) is 9.88. The minimum Gasteiger partial charge on any atom is -0.373 e. The Balaban J connectivity index is 0.00000243. The predicted molar refractivity (Wildman–Crippen MR) is 108 cm³/mol. The van der Waals surface area contributed by atoms with E-state index in [1.165, 1.54) is 24.0 Å². The van der Waals surface area contributed by atoms with E-state index in [1.807, 2.05) is 0 Å². The van der Waals surface area contributed by atoms with E-state index < -0.39 is 0 Å². The molecule has 1 amide bonds. The van der Waals surface area contributed by atoms with Crippen molar-refractivity contribution in [3.05, 3.63) is 35.4 Å². The molecule has 0 aromatic heterocycles. The Morgan fingerprint density at radius 3 is 2.65 bits per heavy atom. The van der Waals surface area contributed by atoms with Crippen LogP contribution >= 0.6 is 12.4 Å². The van der Waals surface area contributed by atoms with Gasteiger partial charge in [-0.3, -0.25) is 4.79 Å². The van der Waals surface area contributed by atoms with Crippen LogP contribution in [0.15, 0.2) is 24.3 Å². The number of aryl methyl sites for hydroxylation is 1. The van der Waals surface area contributed by atoms with Gasteiger partial charge in [-0.15, -0.1) is 12.4 Å². The molecule has 2 fully saturated rings. The highest BCUT2D eigenvalue weighted by Gasteiger charge is 2.27. The third kappa shape index (κ3) is 6.26. The molecule has 0 spiro atoms. The quantitative estimate of drug-likeness (QED) is 0.789. The van der Waals surface area contributed by atoms with Gasteiger partial charge in [0.25, 0.3) is 0 Å². The van der Waals surface area contributed by atoms with Crippen molar-refractivity contribution in [2.24, 2.45) is 11.8 Å². The van der Waals surface area contributed by atoms with Gasteiger partial charge >= 0.3 is 0 Å². The standard InChI is InChI=1S/C21H32N2O2.ClH/c1-16-4-7-18(8-5-16)21-19(3-2-14-25-21)15-23-20(24)9-6-17-10-12-22-13-11-17;/h4-5,7-8,17,19,21-22H,2-3,6,9-15H2,1H3,(H,23,24);1H. The second-order valence-electron chi connectivity index (χ2n) is 7.64. The Labute approximate surface area is 163 Å². The summed E-state index contributed by atoms with van der Waals surface area (Å²) in [5, 5.41) is 6.55. The molecule has 0 radical (unpaired) electrons. The molecule has 2 saturated heterocycles. The molecule has 2 atom stereocenters. The Bertz CT molecular complexity index is 543. The molecule has 26 heavy (non-hydrogen) atoms. The second-order valence-corrected chi connectivity index (χ2v) is 7.64. The van der Waals surface area contributed by atoms with Gasteiger partial charge in [0, 0.05) is 25.5 Å². The fourth-order valence-electron chi connectivity index (χ4n) is 4.02. The molecular weight excluding hydrogens is 348 g/mol. The zero-order valence-electron chi connectivity index (χ0n) is 15.8. The van der Waals surface area contributed by atoms with E-state index in [1.54, 1.807) is 0 Å². The summed E-state index contributed by atoms with van der Waals surface area (Å²) < 4.78 is 6.05. The van der Waals surface area contributed by atoms with E-state index in [0.717, 1.165) is 45.5 Å². The highest BCUT2D eigenvalue weighted by atomic mass is 35.5. The van der Waals surface area contributed by atoms with Crippen molar-refractivity contribution in [2.45, 2.75) is 51.6 Å². The maximum absolute atomic E-state index is 12.2. The lowest BCUT2D eigenvalue weighted by atomic mass is 9.89. The molecule has 2 aliphatic rings. The lowest BCUT2D eigenvalue weighted by Gasteiger charge is -2.32. The number of nitrogens with one attached hydrogen (secondary N) is 2. The number of carbonyl (C=O) groups is 1. The van der Waals surface area contributed by atoms with Gasteiger partial charge < -0.3 is 15.4 Å². The van der Waals surface area contributed by atoms with Crippen LogP contribution in [0.25, 0.3) is 0 Å². The van der Waals surface area contributed by atoms with E-state index in [0.29, 0.717) is 18.3 Å². The maximum Gasteiger partial charge on any atom is 0.220 e. The highest BCUT2D eigenvalue weighted by Crippen LogP contribution is 2.33. The number of piperidine rings is 1. The van der Waals surface area contributed by atoms with E-state index in [2.05, 4.69) is 41.8 Å². The van der Waals surface area contributed by atoms with E-state index in [-0.39, 0.29) is 24.4 Å². The number of hydrogen-bond acceptors (Lipinski definition) is 3. The second kappa shape index (κ2) is 10.9. The molecule has 4 nitrogen and oxygen atoms in total. The zero-order chi connectivity index (χ0) is 17.5. The molecule has 3 rings (SSSR count). The summed E-state index contributed by atoms with van der Waals surface area (Å²) in [5.74, 6) is 1.29. The van der Waals surface area contributed by atoms with Crippen LogP contribution in [0.2, 0.25) is 0 Å². The molecule has 5 heteroatoms.